The van der Waals surface area contributed by atoms with Gasteiger partial charge in [0.1, 0.15) is 0 Å². The predicted octanol–water partition coefficient (Wildman–Crippen LogP) is 4.61. The summed E-state index contributed by atoms with van der Waals surface area (Å²) in [5, 5.41) is 11.3. The smallest absolute Gasteiger partial charge is 0.335 e. The quantitative estimate of drug-likeness (QED) is 0.414. The Morgan fingerprint density at radius 3 is 2.00 bits per heavy atom. The zero-order chi connectivity index (χ0) is 23.3. The fourth-order valence-electron chi connectivity index (χ4n) is 2.73. The highest BCUT2D eigenvalue weighted by atomic mass is 32.2. The molecule has 3 aromatic rings. The zero-order valence-electron chi connectivity index (χ0n) is 17.4. The van der Waals surface area contributed by atoms with Crippen molar-refractivity contribution in [1.29, 1.82) is 0 Å². The monoisotopic (exact) mass is 470 g/mol. The van der Waals surface area contributed by atoms with Gasteiger partial charge in [0.25, 0.3) is 10.0 Å². The third-order valence-corrected chi connectivity index (χ3v) is 7.03. The van der Waals surface area contributed by atoms with Gasteiger partial charge < -0.3 is 10.4 Å². The molecule has 0 aliphatic heterocycles. The number of carbonyl (C=O) groups excluding carboxylic acids is 1. The normalized spacial score (nSPS) is 12.1. The Kier molecular flexibility index (Phi) is 7.22. The molecule has 0 heterocycles. The second-order valence-corrected chi connectivity index (χ2v) is 10.2. The lowest BCUT2D eigenvalue weighted by Gasteiger charge is -2.13. The zero-order valence-corrected chi connectivity index (χ0v) is 19.0. The number of thioether (sulfide) groups is 1. The highest BCUT2D eigenvalue weighted by molar-refractivity contribution is 8.00. The molecule has 9 heteroatoms. The van der Waals surface area contributed by atoms with Crippen molar-refractivity contribution < 1.29 is 23.1 Å². The average Bonchev–Trinajstić information content (AvgIpc) is 2.75. The minimum Gasteiger partial charge on any atom is -0.478 e. The van der Waals surface area contributed by atoms with E-state index in [4.69, 9.17) is 5.11 Å². The van der Waals surface area contributed by atoms with Crippen molar-refractivity contribution in [2.24, 2.45) is 0 Å². The fourth-order valence-corrected chi connectivity index (χ4v) is 4.66. The van der Waals surface area contributed by atoms with Gasteiger partial charge >= 0.3 is 5.97 Å². The van der Waals surface area contributed by atoms with Crippen molar-refractivity contribution in [3.8, 4) is 0 Å². The third kappa shape index (κ3) is 6.12. The highest BCUT2D eigenvalue weighted by Gasteiger charge is 2.16. The average molecular weight is 471 g/mol. The van der Waals surface area contributed by atoms with Gasteiger partial charge in [-0.25, -0.2) is 13.2 Å². The summed E-state index contributed by atoms with van der Waals surface area (Å²) in [4.78, 5) is 24.3. The van der Waals surface area contributed by atoms with Crippen molar-refractivity contribution in [3.05, 3.63) is 83.9 Å². The van der Waals surface area contributed by atoms with E-state index in [1.54, 1.807) is 55.5 Å². The third-order valence-electron chi connectivity index (χ3n) is 4.52. The van der Waals surface area contributed by atoms with Crippen LogP contribution in [0.5, 0.6) is 0 Å². The number of anilines is 2. The summed E-state index contributed by atoms with van der Waals surface area (Å²) in [5.74, 6) is -1.27. The number of carbonyl (C=O) groups is 2. The highest BCUT2D eigenvalue weighted by Crippen LogP contribution is 2.26. The molecule has 32 heavy (non-hydrogen) atoms. The van der Waals surface area contributed by atoms with E-state index >= 15 is 0 Å². The standard InChI is InChI=1S/C23H22N2O5S2/c1-15-3-13-21(14-4-15)32(29,30)25-19-9-11-20(12-10-19)31-16(2)22(26)24-18-7-5-17(6-8-18)23(27)28/h3-14,16,25H,1-2H3,(H,24,26)(H,27,28). The van der Waals surface area contributed by atoms with Crippen LogP contribution in [0.15, 0.2) is 82.6 Å². The first-order valence-corrected chi connectivity index (χ1v) is 12.0. The number of nitrogens with one attached hydrogen (secondary N) is 2. The largest absolute Gasteiger partial charge is 0.478 e. The molecule has 0 aromatic heterocycles. The van der Waals surface area contributed by atoms with Gasteiger partial charge in [-0.15, -0.1) is 11.8 Å². The van der Waals surface area contributed by atoms with E-state index in [0.717, 1.165) is 10.5 Å². The number of benzene rings is 3. The lowest BCUT2D eigenvalue weighted by molar-refractivity contribution is -0.115. The molecule has 0 radical (unpaired) electrons. The molecule has 0 saturated carbocycles. The van der Waals surface area contributed by atoms with Crippen LogP contribution in [0.4, 0.5) is 11.4 Å². The first-order valence-electron chi connectivity index (χ1n) is 9.64. The van der Waals surface area contributed by atoms with Gasteiger partial charge in [0.2, 0.25) is 5.91 Å². The molecule has 3 rings (SSSR count). The summed E-state index contributed by atoms with van der Waals surface area (Å²) >= 11 is 1.32. The van der Waals surface area contributed by atoms with E-state index in [-0.39, 0.29) is 16.4 Å². The Morgan fingerprint density at radius 1 is 0.875 bits per heavy atom. The molecule has 3 N–H and O–H groups in total. The van der Waals surface area contributed by atoms with Crippen LogP contribution >= 0.6 is 11.8 Å². The molecule has 0 saturated heterocycles. The van der Waals surface area contributed by atoms with Crippen LogP contribution < -0.4 is 10.0 Å². The van der Waals surface area contributed by atoms with Crippen LogP contribution in [-0.4, -0.2) is 30.7 Å². The molecule has 0 spiro atoms. The number of aryl methyl sites for hydroxylation is 1. The van der Waals surface area contributed by atoms with Crippen LogP contribution in [0.25, 0.3) is 0 Å². The van der Waals surface area contributed by atoms with E-state index in [1.165, 1.54) is 36.0 Å². The number of sulfonamides is 1. The van der Waals surface area contributed by atoms with Gasteiger partial charge in [-0.05, 0) is 74.5 Å². The lowest BCUT2D eigenvalue weighted by atomic mass is 10.2. The Hall–Kier alpha value is -3.30. The molecule has 0 aliphatic carbocycles. The van der Waals surface area contributed by atoms with Crippen LogP contribution in [0.1, 0.15) is 22.8 Å². The molecule has 3 aromatic carbocycles. The number of hydrogen-bond acceptors (Lipinski definition) is 5. The Labute approximate surface area is 190 Å². The molecule has 1 atom stereocenters. The Morgan fingerprint density at radius 2 is 1.44 bits per heavy atom. The lowest BCUT2D eigenvalue weighted by Crippen LogP contribution is -2.22. The van der Waals surface area contributed by atoms with Crippen LogP contribution in [0, 0.1) is 6.92 Å². The van der Waals surface area contributed by atoms with Crippen molar-refractivity contribution >= 4 is 45.0 Å². The topological polar surface area (TPSA) is 113 Å². The summed E-state index contributed by atoms with van der Waals surface area (Å²) in [5.41, 5.74) is 2.04. The van der Waals surface area contributed by atoms with E-state index in [2.05, 4.69) is 10.0 Å². The second kappa shape index (κ2) is 9.88. The number of aromatic carboxylic acids is 1. The van der Waals surface area contributed by atoms with Crippen molar-refractivity contribution in [1.82, 2.24) is 0 Å². The van der Waals surface area contributed by atoms with E-state index in [1.807, 2.05) is 6.92 Å². The summed E-state index contributed by atoms with van der Waals surface area (Å²) in [7, 11) is -3.68. The van der Waals surface area contributed by atoms with E-state index in [9.17, 15) is 18.0 Å². The maximum atomic E-state index is 12.5. The molecule has 166 valence electrons. The van der Waals surface area contributed by atoms with Crippen LogP contribution in [0.2, 0.25) is 0 Å². The second-order valence-electron chi connectivity index (χ2n) is 7.07. The molecule has 0 aliphatic rings. The van der Waals surface area contributed by atoms with Gasteiger partial charge in [-0.3, -0.25) is 9.52 Å². The fraction of sp³-hybridized carbons (Fsp3) is 0.130. The first-order chi connectivity index (χ1) is 15.1. The minimum atomic E-state index is -3.68. The van der Waals surface area contributed by atoms with E-state index < -0.39 is 21.2 Å². The summed E-state index contributed by atoms with van der Waals surface area (Å²) in [6, 6.07) is 19.3. The van der Waals surface area contributed by atoms with Crippen molar-refractivity contribution in [2.75, 3.05) is 10.0 Å². The number of rotatable bonds is 8. The number of amides is 1. The predicted molar refractivity (Wildman–Crippen MR) is 126 cm³/mol. The van der Waals surface area contributed by atoms with Gasteiger partial charge in [0.05, 0.1) is 15.7 Å². The van der Waals surface area contributed by atoms with Crippen molar-refractivity contribution in [3.63, 3.8) is 0 Å². The molecule has 0 bridgehead atoms. The molecule has 7 nitrogen and oxygen atoms in total. The maximum Gasteiger partial charge on any atom is 0.335 e. The van der Waals surface area contributed by atoms with Gasteiger partial charge in [0.15, 0.2) is 0 Å². The molecule has 0 fully saturated rings. The summed E-state index contributed by atoms with van der Waals surface area (Å²) < 4.78 is 27.5. The van der Waals surface area contributed by atoms with Crippen LogP contribution in [0.3, 0.4) is 0 Å². The van der Waals surface area contributed by atoms with Crippen LogP contribution in [-0.2, 0) is 14.8 Å². The number of carboxylic acids is 1. The molecular formula is C23H22N2O5S2. The number of hydrogen-bond donors (Lipinski definition) is 3. The number of carboxylic acid groups (broad SMARTS) is 1. The molecular weight excluding hydrogens is 448 g/mol. The molecule has 1 unspecified atom stereocenters. The Balaban J connectivity index is 1.59. The summed E-state index contributed by atoms with van der Waals surface area (Å²) in [6.45, 7) is 3.64. The maximum absolute atomic E-state index is 12.5. The van der Waals surface area contributed by atoms with Gasteiger partial charge in [-0.1, -0.05) is 17.7 Å². The molecule has 1 amide bonds. The first kappa shape index (κ1) is 23.4. The Bertz CT molecular complexity index is 1210. The van der Waals surface area contributed by atoms with E-state index in [0.29, 0.717) is 11.4 Å². The SMILES string of the molecule is Cc1ccc(S(=O)(=O)Nc2ccc(SC(C)C(=O)Nc3ccc(C(=O)O)cc3)cc2)cc1. The minimum absolute atomic E-state index is 0.142. The van der Waals surface area contributed by atoms with Gasteiger partial charge in [-0.2, -0.15) is 0 Å². The summed E-state index contributed by atoms with van der Waals surface area (Å²) in [6.07, 6.45) is 0. The van der Waals surface area contributed by atoms with Crippen molar-refractivity contribution in [2.45, 2.75) is 28.9 Å². The van der Waals surface area contributed by atoms with Gasteiger partial charge in [0, 0.05) is 16.3 Å².